The van der Waals surface area contributed by atoms with Crippen molar-refractivity contribution >= 4 is 64.7 Å². The van der Waals surface area contributed by atoms with Crippen molar-refractivity contribution in [3.8, 4) is 0 Å². The highest BCUT2D eigenvalue weighted by Crippen LogP contribution is 2.27. The van der Waals surface area contributed by atoms with Gasteiger partial charge in [-0.25, -0.2) is 9.97 Å². The fraction of sp³-hybridized carbons (Fsp3) is 0.263. The number of fused-ring (bicyclic) bond motifs is 2. The lowest BCUT2D eigenvalue weighted by Gasteiger charge is -1.98. The van der Waals surface area contributed by atoms with Crippen molar-refractivity contribution in [1.29, 1.82) is 0 Å². The molecule has 0 N–H and O–H groups in total. The van der Waals surface area contributed by atoms with E-state index in [0.29, 0.717) is 26.6 Å². The van der Waals surface area contributed by atoms with E-state index in [9.17, 15) is 8.42 Å². The van der Waals surface area contributed by atoms with Gasteiger partial charge >= 0.3 is 0 Å². The Kier molecular flexibility index (Phi) is 5.50. The number of rotatable bonds is 6. The molecule has 2 aromatic heterocycles. The normalized spacial score (nSPS) is 14.0. The summed E-state index contributed by atoms with van der Waals surface area (Å²) < 4.78 is 28.5. The van der Waals surface area contributed by atoms with E-state index in [1.807, 2.05) is 38.1 Å². The summed E-state index contributed by atoms with van der Waals surface area (Å²) in [6, 6.07) is 12.1. The molecule has 4 aromatic rings. The summed E-state index contributed by atoms with van der Waals surface area (Å²) in [6.45, 7) is 4.07. The lowest BCUT2D eigenvalue weighted by Crippen LogP contribution is -2.04. The first-order valence-electron chi connectivity index (χ1n) is 8.51. The van der Waals surface area contributed by atoms with Crippen LogP contribution in [-0.4, -0.2) is 29.9 Å². The summed E-state index contributed by atoms with van der Waals surface area (Å²) in [7, 11) is -2.31. The standard InChI is InChI=1S/C19H18N2O2S4/c1-12-4-6-14-16(10-12)24-18(20-14)26(22)8-3-9-27(23)19-21-15-7-5-13(2)11-17(15)25-19/h4-7,10-11H,3,8-9H2,1-2H3. The second-order valence-corrected chi connectivity index (χ2v) is 11.9. The molecule has 2 unspecified atom stereocenters. The van der Waals surface area contributed by atoms with Gasteiger partial charge in [0, 0.05) is 11.5 Å². The maximum atomic E-state index is 12.5. The van der Waals surface area contributed by atoms with Gasteiger partial charge in [0.25, 0.3) is 0 Å². The van der Waals surface area contributed by atoms with Crippen LogP contribution in [0.15, 0.2) is 45.1 Å². The Bertz CT molecular complexity index is 1090. The van der Waals surface area contributed by atoms with Gasteiger partial charge in [-0.2, -0.15) is 0 Å². The van der Waals surface area contributed by atoms with Crippen LogP contribution in [0.2, 0.25) is 0 Å². The molecule has 0 aliphatic carbocycles. The van der Waals surface area contributed by atoms with Crippen LogP contribution in [0.25, 0.3) is 20.4 Å². The van der Waals surface area contributed by atoms with Gasteiger partial charge in [0.05, 0.1) is 42.0 Å². The maximum Gasteiger partial charge on any atom is 0.181 e. The minimum atomic E-state index is -1.16. The smallest absolute Gasteiger partial charge is 0.181 e. The monoisotopic (exact) mass is 434 g/mol. The van der Waals surface area contributed by atoms with Gasteiger partial charge in [0.2, 0.25) is 0 Å². The fourth-order valence-corrected chi connectivity index (χ4v) is 7.83. The molecule has 4 nitrogen and oxygen atoms in total. The highest BCUT2D eigenvalue weighted by atomic mass is 32.2. The topological polar surface area (TPSA) is 59.9 Å². The van der Waals surface area contributed by atoms with Gasteiger partial charge in [-0.3, -0.25) is 8.42 Å². The number of thiazole rings is 2. The fourth-order valence-electron chi connectivity index (χ4n) is 2.71. The molecule has 8 heteroatoms. The van der Waals surface area contributed by atoms with Gasteiger partial charge in [0.1, 0.15) is 0 Å². The lowest BCUT2D eigenvalue weighted by atomic mass is 10.2. The quantitative estimate of drug-likeness (QED) is 0.436. The Morgan fingerprint density at radius 1 is 0.778 bits per heavy atom. The molecule has 140 valence electrons. The molecule has 2 aromatic carbocycles. The number of hydrogen-bond donors (Lipinski definition) is 0. The van der Waals surface area contributed by atoms with Crippen molar-refractivity contribution in [1.82, 2.24) is 9.97 Å². The zero-order valence-corrected chi connectivity index (χ0v) is 18.2. The summed E-state index contributed by atoms with van der Waals surface area (Å²) in [4.78, 5) is 8.96. The van der Waals surface area contributed by atoms with Gasteiger partial charge in [0.15, 0.2) is 8.68 Å². The number of nitrogens with zero attached hydrogens (tertiary/aromatic N) is 2. The van der Waals surface area contributed by atoms with Crippen LogP contribution in [-0.2, 0) is 21.6 Å². The first kappa shape index (κ1) is 18.9. The molecule has 2 atom stereocenters. The SMILES string of the molecule is Cc1ccc2nc(S(=O)CCCS(=O)c3nc4ccc(C)cc4s3)sc2c1. The summed E-state index contributed by atoms with van der Waals surface area (Å²) in [5.74, 6) is 0.934. The van der Waals surface area contributed by atoms with E-state index in [1.54, 1.807) is 0 Å². The Balaban J connectivity index is 1.38. The Labute approximate surface area is 170 Å². The Morgan fingerprint density at radius 3 is 1.67 bits per heavy atom. The first-order chi connectivity index (χ1) is 13.0. The highest BCUT2D eigenvalue weighted by Gasteiger charge is 2.14. The zero-order chi connectivity index (χ0) is 19.0. The van der Waals surface area contributed by atoms with Crippen molar-refractivity contribution in [2.75, 3.05) is 11.5 Å². The van der Waals surface area contributed by atoms with E-state index in [-0.39, 0.29) is 0 Å². The van der Waals surface area contributed by atoms with E-state index in [2.05, 4.69) is 22.1 Å². The summed E-state index contributed by atoms with van der Waals surface area (Å²) >= 11 is 2.96. The van der Waals surface area contributed by atoms with E-state index in [1.165, 1.54) is 33.8 Å². The van der Waals surface area contributed by atoms with Crippen molar-refractivity contribution < 1.29 is 8.42 Å². The molecule has 0 radical (unpaired) electrons. The van der Waals surface area contributed by atoms with E-state index in [4.69, 9.17) is 0 Å². The van der Waals surface area contributed by atoms with Crippen LogP contribution in [0.4, 0.5) is 0 Å². The second-order valence-electron chi connectivity index (χ2n) is 6.35. The molecular formula is C19H18N2O2S4. The first-order valence-corrected chi connectivity index (χ1v) is 12.8. The van der Waals surface area contributed by atoms with Crippen molar-refractivity contribution in [3.05, 3.63) is 47.5 Å². The predicted octanol–water partition coefficient (Wildman–Crippen LogP) is 4.83. The van der Waals surface area contributed by atoms with Gasteiger partial charge in [-0.15, -0.1) is 22.7 Å². The molecule has 0 bridgehead atoms. The number of aromatic nitrogens is 2. The zero-order valence-electron chi connectivity index (χ0n) is 14.9. The molecule has 27 heavy (non-hydrogen) atoms. The summed E-state index contributed by atoms with van der Waals surface area (Å²) in [5, 5.41) is 0. The molecule has 0 aliphatic heterocycles. The van der Waals surface area contributed by atoms with E-state index in [0.717, 1.165) is 20.4 Å². The van der Waals surface area contributed by atoms with Crippen LogP contribution < -0.4 is 0 Å². The average Bonchev–Trinajstić information content (AvgIpc) is 3.24. The lowest BCUT2D eigenvalue weighted by molar-refractivity contribution is 0.677. The minimum Gasteiger partial charge on any atom is -0.252 e. The Hall–Kier alpha value is -1.48. The number of aryl methyl sites for hydroxylation is 2. The van der Waals surface area contributed by atoms with Gasteiger partial charge in [-0.1, -0.05) is 12.1 Å². The molecule has 0 spiro atoms. The molecule has 0 aliphatic rings. The van der Waals surface area contributed by atoms with Crippen molar-refractivity contribution in [2.45, 2.75) is 28.9 Å². The van der Waals surface area contributed by atoms with E-state index >= 15 is 0 Å². The molecule has 0 fully saturated rings. The van der Waals surface area contributed by atoms with Crippen LogP contribution in [0, 0.1) is 13.8 Å². The largest absolute Gasteiger partial charge is 0.252 e. The molecule has 0 saturated carbocycles. The highest BCUT2D eigenvalue weighted by molar-refractivity contribution is 7.88. The van der Waals surface area contributed by atoms with Crippen LogP contribution in [0.1, 0.15) is 17.5 Å². The van der Waals surface area contributed by atoms with E-state index < -0.39 is 21.6 Å². The minimum absolute atomic E-state index is 0.467. The molecule has 2 heterocycles. The van der Waals surface area contributed by atoms with Crippen molar-refractivity contribution in [2.24, 2.45) is 0 Å². The second kappa shape index (κ2) is 7.87. The van der Waals surface area contributed by atoms with Gasteiger partial charge in [-0.05, 0) is 55.7 Å². The summed E-state index contributed by atoms with van der Waals surface area (Å²) in [5.41, 5.74) is 4.12. The third-order valence-electron chi connectivity index (χ3n) is 4.10. The number of hydrogen-bond acceptors (Lipinski definition) is 6. The number of benzene rings is 2. The molecule has 0 amide bonds. The predicted molar refractivity (Wildman–Crippen MR) is 116 cm³/mol. The van der Waals surface area contributed by atoms with Crippen LogP contribution in [0.5, 0.6) is 0 Å². The molecular weight excluding hydrogens is 416 g/mol. The third kappa shape index (κ3) is 4.18. The van der Waals surface area contributed by atoms with Crippen LogP contribution >= 0.6 is 22.7 Å². The Morgan fingerprint density at radius 2 is 1.22 bits per heavy atom. The van der Waals surface area contributed by atoms with Crippen molar-refractivity contribution in [3.63, 3.8) is 0 Å². The maximum absolute atomic E-state index is 12.5. The molecule has 4 rings (SSSR count). The average molecular weight is 435 g/mol. The summed E-state index contributed by atoms with van der Waals surface area (Å²) in [6.07, 6.45) is 0.614. The third-order valence-corrected chi connectivity index (χ3v) is 9.62. The van der Waals surface area contributed by atoms with Gasteiger partial charge < -0.3 is 0 Å². The molecule has 0 saturated heterocycles. The van der Waals surface area contributed by atoms with Crippen LogP contribution in [0.3, 0.4) is 0 Å².